The molecule has 0 N–H and O–H groups in total. The zero-order chi connectivity index (χ0) is 21.1. The molecule has 29 heavy (non-hydrogen) atoms. The molecule has 154 valence electrons. The molecular weight excluding hydrogens is 398 g/mol. The van der Waals surface area contributed by atoms with Gasteiger partial charge >= 0.3 is 5.69 Å². The Bertz CT molecular complexity index is 1150. The van der Waals surface area contributed by atoms with Crippen molar-refractivity contribution in [2.75, 3.05) is 20.2 Å². The molecular formula is C19H22ClN5O4. The minimum Gasteiger partial charge on any atom is -0.494 e. The topological polar surface area (TPSA) is 91.4 Å². The van der Waals surface area contributed by atoms with Gasteiger partial charge in [-0.1, -0.05) is 11.6 Å². The van der Waals surface area contributed by atoms with Crippen LogP contribution in [0.15, 0.2) is 40.2 Å². The van der Waals surface area contributed by atoms with Crippen LogP contribution in [0.5, 0.6) is 5.75 Å². The molecule has 9 nitrogen and oxygen atoms in total. The Morgan fingerprint density at radius 3 is 2.59 bits per heavy atom. The Hall–Kier alpha value is -3.07. The number of imidazole rings is 1. The summed E-state index contributed by atoms with van der Waals surface area (Å²) in [6, 6.07) is 7.02. The smallest absolute Gasteiger partial charge is 0.332 e. The third-order valence-corrected chi connectivity index (χ3v) is 4.89. The Kier molecular flexibility index (Phi) is 6.07. The van der Waals surface area contributed by atoms with Crippen molar-refractivity contribution >= 4 is 28.7 Å². The van der Waals surface area contributed by atoms with Crippen molar-refractivity contribution in [1.29, 1.82) is 0 Å². The van der Waals surface area contributed by atoms with Crippen LogP contribution >= 0.6 is 11.6 Å². The zero-order valence-corrected chi connectivity index (χ0v) is 17.2. The van der Waals surface area contributed by atoms with Gasteiger partial charge in [-0.05, 0) is 30.7 Å². The van der Waals surface area contributed by atoms with Crippen molar-refractivity contribution in [2.24, 2.45) is 14.1 Å². The number of likely N-dealkylation sites (N-methyl/N-ethyl adjacent to an activating group) is 1. The van der Waals surface area contributed by atoms with E-state index >= 15 is 0 Å². The maximum Gasteiger partial charge on any atom is 0.332 e. The SMILES string of the molecule is CN(CCCOc1ccc(Cl)cc1)C(=O)Cn1c(=O)c2c(ncn2C)n(C)c1=O. The second kappa shape index (κ2) is 8.52. The number of aromatic nitrogens is 4. The van der Waals surface area contributed by atoms with Gasteiger partial charge in [-0.3, -0.25) is 14.2 Å². The van der Waals surface area contributed by atoms with Gasteiger partial charge in [0.15, 0.2) is 11.2 Å². The number of aryl methyl sites for hydroxylation is 2. The van der Waals surface area contributed by atoms with Crippen LogP contribution in [0.25, 0.3) is 11.2 Å². The number of ether oxygens (including phenoxy) is 1. The van der Waals surface area contributed by atoms with Crippen molar-refractivity contribution in [1.82, 2.24) is 23.6 Å². The number of hydrogen-bond donors (Lipinski definition) is 0. The molecule has 0 spiro atoms. The van der Waals surface area contributed by atoms with E-state index in [9.17, 15) is 14.4 Å². The monoisotopic (exact) mass is 419 g/mol. The van der Waals surface area contributed by atoms with Crippen LogP contribution in [0, 0.1) is 0 Å². The third-order valence-electron chi connectivity index (χ3n) is 4.64. The summed E-state index contributed by atoms with van der Waals surface area (Å²) in [5.41, 5.74) is -0.539. The van der Waals surface area contributed by atoms with Gasteiger partial charge in [0.1, 0.15) is 12.3 Å². The normalized spacial score (nSPS) is 11.0. The highest BCUT2D eigenvalue weighted by atomic mass is 35.5. The van der Waals surface area contributed by atoms with Crippen molar-refractivity contribution in [3.05, 3.63) is 56.5 Å². The summed E-state index contributed by atoms with van der Waals surface area (Å²) in [6.45, 7) is 0.512. The number of benzene rings is 1. The first-order valence-corrected chi connectivity index (χ1v) is 9.40. The lowest BCUT2D eigenvalue weighted by Crippen LogP contribution is -2.44. The highest BCUT2D eigenvalue weighted by Crippen LogP contribution is 2.15. The summed E-state index contributed by atoms with van der Waals surface area (Å²) in [4.78, 5) is 43.2. The molecule has 1 aromatic carbocycles. The van der Waals surface area contributed by atoms with E-state index in [2.05, 4.69) is 4.98 Å². The van der Waals surface area contributed by atoms with E-state index in [0.29, 0.717) is 36.0 Å². The Morgan fingerprint density at radius 2 is 1.90 bits per heavy atom. The minimum absolute atomic E-state index is 0.277. The second-order valence-electron chi connectivity index (χ2n) is 6.73. The lowest BCUT2D eigenvalue weighted by Gasteiger charge is -2.18. The molecule has 10 heteroatoms. The van der Waals surface area contributed by atoms with E-state index < -0.39 is 11.2 Å². The Morgan fingerprint density at radius 1 is 1.21 bits per heavy atom. The Balaban J connectivity index is 1.62. The molecule has 0 fully saturated rings. The molecule has 0 aliphatic heterocycles. The summed E-state index contributed by atoms with van der Waals surface area (Å²) < 4.78 is 9.34. The fourth-order valence-corrected chi connectivity index (χ4v) is 3.06. The molecule has 0 aliphatic carbocycles. The maximum absolute atomic E-state index is 12.7. The third kappa shape index (κ3) is 4.34. The van der Waals surface area contributed by atoms with Gasteiger partial charge in [0.2, 0.25) is 5.91 Å². The summed E-state index contributed by atoms with van der Waals surface area (Å²) in [6.07, 6.45) is 2.06. The molecule has 0 saturated heterocycles. The van der Waals surface area contributed by atoms with E-state index in [-0.39, 0.29) is 18.0 Å². The second-order valence-corrected chi connectivity index (χ2v) is 7.17. The quantitative estimate of drug-likeness (QED) is 0.533. The number of fused-ring (bicyclic) bond motifs is 1. The number of amides is 1. The molecule has 2 heterocycles. The van der Waals surface area contributed by atoms with E-state index in [0.717, 1.165) is 4.57 Å². The molecule has 0 atom stereocenters. The predicted octanol–water partition coefficient (Wildman–Crippen LogP) is 1.01. The van der Waals surface area contributed by atoms with Gasteiger partial charge in [-0.15, -0.1) is 0 Å². The first kappa shape index (κ1) is 20.7. The Labute approximate surface area is 171 Å². The molecule has 0 aliphatic rings. The fourth-order valence-electron chi connectivity index (χ4n) is 2.94. The lowest BCUT2D eigenvalue weighted by atomic mass is 10.3. The summed E-state index contributed by atoms with van der Waals surface area (Å²) in [5, 5.41) is 0.633. The number of halogens is 1. The highest BCUT2D eigenvalue weighted by Gasteiger charge is 2.18. The van der Waals surface area contributed by atoms with Crippen LogP contribution in [-0.2, 0) is 25.4 Å². The van der Waals surface area contributed by atoms with Crippen molar-refractivity contribution in [3.8, 4) is 5.75 Å². The molecule has 3 aromatic rings. The van der Waals surface area contributed by atoms with E-state index in [1.165, 1.54) is 27.4 Å². The van der Waals surface area contributed by atoms with Crippen LogP contribution in [0.4, 0.5) is 0 Å². The van der Waals surface area contributed by atoms with Crippen LogP contribution < -0.4 is 16.0 Å². The average molecular weight is 420 g/mol. The predicted molar refractivity (Wildman–Crippen MR) is 109 cm³/mol. The number of carbonyl (C=O) groups excluding carboxylic acids is 1. The van der Waals surface area contributed by atoms with Gasteiger partial charge in [-0.2, -0.15) is 0 Å². The zero-order valence-electron chi connectivity index (χ0n) is 16.5. The molecule has 1 amide bonds. The average Bonchev–Trinajstić information content (AvgIpc) is 3.09. The van der Waals surface area contributed by atoms with Gasteiger partial charge < -0.3 is 14.2 Å². The van der Waals surface area contributed by atoms with Gasteiger partial charge in [0.05, 0.1) is 12.9 Å². The van der Waals surface area contributed by atoms with E-state index in [1.807, 2.05) is 0 Å². The number of hydrogen-bond acceptors (Lipinski definition) is 5. The van der Waals surface area contributed by atoms with Gasteiger partial charge in [-0.25, -0.2) is 14.3 Å². The molecule has 0 unspecified atom stereocenters. The number of nitrogens with zero attached hydrogens (tertiary/aromatic N) is 5. The van der Waals surface area contributed by atoms with Crippen LogP contribution in [0.3, 0.4) is 0 Å². The van der Waals surface area contributed by atoms with Gasteiger partial charge in [0, 0.05) is 32.7 Å². The van der Waals surface area contributed by atoms with Crippen LogP contribution in [0.2, 0.25) is 5.02 Å². The minimum atomic E-state index is -0.575. The van der Waals surface area contributed by atoms with Crippen molar-refractivity contribution in [2.45, 2.75) is 13.0 Å². The van der Waals surface area contributed by atoms with E-state index in [1.54, 1.807) is 38.4 Å². The number of carbonyl (C=O) groups is 1. The summed E-state index contributed by atoms with van der Waals surface area (Å²) in [5.74, 6) is 0.361. The number of rotatable bonds is 7. The lowest BCUT2D eigenvalue weighted by molar-refractivity contribution is -0.130. The van der Waals surface area contributed by atoms with Crippen LogP contribution in [0.1, 0.15) is 6.42 Å². The first-order chi connectivity index (χ1) is 13.8. The van der Waals surface area contributed by atoms with Crippen molar-refractivity contribution < 1.29 is 9.53 Å². The largest absolute Gasteiger partial charge is 0.494 e. The summed E-state index contributed by atoms with van der Waals surface area (Å²) >= 11 is 5.83. The van der Waals surface area contributed by atoms with Crippen molar-refractivity contribution in [3.63, 3.8) is 0 Å². The van der Waals surface area contributed by atoms with Gasteiger partial charge in [0.25, 0.3) is 5.56 Å². The molecule has 0 bridgehead atoms. The molecule has 0 saturated carbocycles. The first-order valence-electron chi connectivity index (χ1n) is 9.02. The standard InChI is InChI=1S/C19H22ClN5O4/c1-22(9-4-10-29-14-7-5-13(20)6-8-14)15(26)11-25-18(27)16-17(21-12-23(16)2)24(3)19(25)28/h5-8,12H,4,9-11H2,1-3H3. The molecule has 3 rings (SSSR count). The fraction of sp³-hybridized carbons (Fsp3) is 0.368. The summed E-state index contributed by atoms with van der Waals surface area (Å²) in [7, 11) is 4.82. The molecule has 2 aromatic heterocycles. The van der Waals surface area contributed by atoms with Crippen LogP contribution in [-0.4, -0.2) is 49.7 Å². The highest BCUT2D eigenvalue weighted by molar-refractivity contribution is 6.30. The maximum atomic E-state index is 12.7. The molecule has 0 radical (unpaired) electrons. The van der Waals surface area contributed by atoms with E-state index in [4.69, 9.17) is 16.3 Å².